The van der Waals surface area contributed by atoms with Crippen molar-refractivity contribution in [2.45, 2.75) is 0 Å². The molecule has 0 saturated carbocycles. The van der Waals surface area contributed by atoms with E-state index in [0.717, 1.165) is 5.39 Å². The first-order chi connectivity index (χ1) is 5.27. The summed E-state index contributed by atoms with van der Waals surface area (Å²) < 4.78 is 5.07. The van der Waals surface area contributed by atoms with Gasteiger partial charge in [0.1, 0.15) is 17.6 Å². The number of rotatable bonds is 0. The van der Waals surface area contributed by atoms with E-state index in [4.69, 9.17) is 15.3 Å². The molecule has 0 fully saturated rings. The van der Waals surface area contributed by atoms with Crippen LogP contribution in [0, 0.1) is 0 Å². The van der Waals surface area contributed by atoms with E-state index < -0.39 is 0 Å². The van der Waals surface area contributed by atoms with Crippen molar-refractivity contribution in [1.29, 1.82) is 0 Å². The quantitative estimate of drug-likeness (QED) is 0.599. The fraction of sp³-hybridized carbons (Fsp3) is 0. The summed E-state index contributed by atoms with van der Waals surface area (Å²) in [6.45, 7) is 0. The van der Waals surface area contributed by atoms with Crippen LogP contribution in [0.5, 0.6) is 5.75 Å². The summed E-state index contributed by atoms with van der Waals surface area (Å²) in [5.41, 5.74) is 6.79. The second kappa shape index (κ2) is 1.92. The maximum Gasteiger partial charge on any atom is 0.136 e. The van der Waals surface area contributed by atoms with E-state index in [-0.39, 0.29) is 5.75 Å². The average molecular weight is 149 g/mol. The molecule has 1 aromatic carbocycles. The van der Waals surface area contributed by atoms with Crippen LogP contribution in [0.15, 0.2) is 28.9 Å². The largest absolute Gasteiger partial charge is 0.508 e. The number of phenolic OH excluding ortho intramolecular Hbond substituents is 1. The molecule has 1 aromatic heterocycles. The van der Waals surface area contributed by atoms with Gasteiger partial charge in [0.25, 0.3) is 0 Å². The molecule has 0 aliphatic rings. The molecule has 0 unspecified atom stereocenters. The van der Waals surface area contributed by atoms with E-state index in [9.17, 15) is 0 Å². The fourth-order valence-corrected chi connectivity index (χ4v) is 1.04. The molecule has 11 heavy (non-hydrogen) atoms. The highest BCUT2D eigenvalue weighted by atomic mass is 16.3. The number of benzene rings is 1. The van der Waals surface area contributed by atoms with Crippen molar-refractivity contribution in [2.75, 3.05) is 5.73 Å². The smallest absolute Gasteiger partial charge is 0.136 e. The van der Waals surface area contributed by atoms with Crippen LogP contribution in [0.3, 0.4) is 0 Å². The summed E-state index contributed by atoms with van der Waals surface area (Å²) in [6, 6.07) is 4.82. The van der Waals surface area contributed by atoms with E-state index in [0.29, 0.717) is 11.3 Å². The minimum Gasteiger partial charge on any atom is -0.508 e. The number of anilines is 1. The van der Waals surface area contributed by atoms with Gasteiger partial charge in [0.05, 0.1) is 5.69 Å². The van der Waals surface area contributed by atoms with Crippen LogP contribution in [0.2, 0.25) is 0 Å². The van der Waals surface area contributed by atoms with Gasteiger partial charge in [-0.1, -0.05) is 0 Å². The number of fused-ring (bicyclic) bond motifs is 1. The predicted octanol–water partition coefficient (Wildman–Crippen LogP) is 1.72. The summed E-state index contributed by atoms with van der Waals surface area (Å²) in [7, 11) is 0. The molecular formula is C8H7NO2. The maximum absolute atomic E-state index is 9.08. The third kappa shape index (κ3) is 0.816. The zero-order valence-electron chi connectivity index (χ0n) is 5.74. The second-order valence-corrected chi connectivity index (χ2v) is 2.37. The minimum atomic E-state index is 0.200. The van der Waals surface area contributed by atoms with Crippen molar-refractivity contribution < 1.29 is 9.52 Å². The Morgan fingerprint density at radius 1 is 1.36 bits per heavy atom. The molecule has 0 spiro atoms. The Morgan fingerprint density at radius 2 is 2.18 bits per heavy atom. The molecule has 0 bridgehead atoms. The van der Waals surface area contributed by atoms with Crippen LogP contribution < -0.4 is 5.73 Å². The van der Waals surface area contributed by atoms with Crippen LogP contribution in [-0.2, 0) is 0 Å². The molecule has 0 aliphatic heterocycles. The Bertz CT molecular complexity index is 392. The lowest BCUT2D eigenvalue weighted by molar-refractivity contribution is 0.476. The van der Waals surface area contributed by atoms with E-state index in [1.807, 2.05) is 0 Å². The van der Waals surface area contributed by atoms with Gasteiger partial charge < -0.3 is 15.3 Å². The van der Waals surface area contributed by atoms with Crippen molar-refractivity contribution in [1.82, 2.24) is 0 Å². The number of nitrogen functional groups attached to an aromatic ring is 1. The first-order valence-electron chi connectivity index (χ1n) is 3.23. The highest BCUT2D eigenvalue weighted by molar-refractivity contribution is 5.90. The lowest BCUT2D eigenvalue weighted by Crippen LogP contribution is -1.79. The Balaban J connectivity index is 2.87. The van der Waals surface area contributed by atoms with E-state index in [1.54, 1.807) is 18.2 Å². The van der Waals surface area contributed by atoms with E-state index in [1.165, 1.54) is 6.26 Å². The summed E-state index contributed by atoms with van der Waals surface area (Å²) in [6.07, 6.45) is 1.46. The number of nitrogens with two attached hydrogens (primary N) is 1. The van der Waals surface area contributed by atoms with Gasteiger partial charge in [-0.05, 0) is 18.2 Å². The van der Waals surface area contributed by atoms with E-state index in [2.05, 4.69) is 0 Å². The normalized spacial score (nSPS) is 10.5. The Morgan fingerprint density at radius 3 is 3.00 bits per heavy atom. The molecular weight excluding hydrogens is 142 g/mol. The molecule has 0 radical (unpaired) electrons. The highest BCUT2D eigenvalue weighted by Gasteiger charge is 2.01. The van der Waals surface area contributed by atoms with Crippen LogP contribution in [0.25, 0.3) is 11.0 Å². The summed E-state index contributed by atoms with van der Waals surface area (Å²) in [4.78, 5) is 0. The van der Waals surface area contributed by atoms with Gasteiger partial charge >= 0.3 is 0 Å². The van der Waals surface area contributed by atoms with Gasteiger partial charge in [-0.25, -0.2) is 0 Å². The predicted molar refractivity (Wildman–Crippen MR) is 42.3 cm³/mol. The maximum atomic E-state index is 9.08. The highest BCUT2D eigenvalue weighted by Crippen LogP contribution is 2.26. The van der Waals surface area contributed by atoms with E-state index >= 15 is 0 Å². The first kappa shape index (κ1) is 6.09. The van der Waals surface area contributed by atoms with Gasteiger partial charge in [-0.2, -0.15) is 0 Å². The van der Waals surface area contributed by atoms with Crippen molar-refractivity contribution in [2.24, 2.45) is 0 Å². The van der Waals surface area contributed by atoms with Crippen LogP contribution >= 0.6 is 0 Å². The molecule has 2 aromatic rings. The molecule has 2 rings (SSSR count). The third-order valence-electron chi connectivity index (χ3n) is 1.59. The van der Waals surface area contributed by atoms with Crippen LogP contribution in [0.1, 0.15) is 0 Å². The monoisotopic (exact) mass is 149 g/mol. The fourth-order valence-electron chi connectivity index (χ4n) is 1.04. The summed E-state index contributed by atoms with van der Waals surface area (Å²) in [5.74, 6) is 0.200. The van der Waals surface area contributed by atoms with Crippen molar-refractivity contribution >= 4 is 16.7 Å². The summed E-state index contributed by atoms with van der Waals surface area (Å²) in [5, 5.41) is 9.83. The van der Waals surface area contributed by atoms with Crippen LogP contribution in [-0.4, -0.2) is 5.11 Å². The minimum absolute atomic E-state index is 0.200. The molecule has 1 heterocycles. The van der Waals surface area contributed by atoms with Crippen molar-refractivity contribution in [3.8, 4) is 5.75 Å². The number of furan rings is 1. The van der Waals surface area contributed by atoms with Gasteiger partial charge in [0.2, 0.25) is 0 Å². The SMILES string of the molecule is Nc1coc2ccc(O)cc12. The lowest BCUT2D eigenvalue weighted by Gasteiger charge is -1.90. The number of hydrogen-bond donors (Lipinski definition) is 2. The zero-order chi connectivity index (χ0) is 7.84. The van der Waals surface area contributed by atoms with Gasteiger partial charge in [-0.3, -0.25) is 0 Å². The Kier molecular flexibility index (Phi) is 1.06. The molecule has 3 N–H and O–H groups in total. The number of aromatic hydroxyl groups is 1. The number of phenols is 1. The molecule has 0 aliphatic carbocycles. The van der Waals surface area contributed by atoms with Gasteiger partial charge in [0, 0.05) is 5.39 Å². The van der Waals surface area contributed by atoms with Crippen molar-refractivity contribution in [3.05, 3.63) is 24.5 Å². The zero-order valence-corrected chi connectivity index (χ0v) is 5.74. The summed E-state index contributed by atoms with van der Waals surface area (Å²) >= 11 is 0. The molecule has 56 valence electrons. The first-order valence-corrected chi connectivity index (χ1v) is 3.23. The molecule has 0 saturated heterocycles. The topological polar surface area (TPSA) is 59.4 Å². The second-order valence-electron chi connectivity index (χ2n) is 2.37. The Hall–Kier alpha value is -1.64. The molecule has 3 nitrogen and oxygen atoms in total. The molecule has 3 heteroatoms. The van der Waals surface area contributed by atoms with Crippen molar-refractivity contribution in [3.63, 3.8) is 0 Å². The standard InChI is InChI=1S/C8H7NO2/c9-7-4-11-8-2-1-5(10)3-6(7)8/h1-4,10H,9H2. The average Bonchev–Trinajstić information content (AvgIpc) is 2.33. The number of hydrogen-bond acceptors (Lipinski definition) is 3. The third-order valence-corrected chi connectivity index (χ3v) is 1.59. The van der Waals surface area contributed by atoms with Gasteiger partial charge in [-0.15, -0.1) is 0 Å². The lowest BCUT2D eigenvalue weighted by atomic mass is 10.2. The Labute approximate surface area is 63.0 Å². The van der Waals surface area contributed by atoms with Gasteiger partial charge in [0.15, 0.2) is 0 Å². The molecule has 0 amide bonds. The molecule has 0 atom stereocenters. The van der Waals surface area contributed by atoms with Crippen LogP contribution in [0.4, 0.5) is 5.69 Å².